The Morgan fingerprint density at radius 3 is 0.781 bits per heavy atom. The Morgan fingerprint density at radius 2 is 0.516 bits per heavy atom. The molecular weight excluding hydrogens is 793 g/mol. The average Bonchev–Trinajstić information content (AvgIpc) is 3.29. The van der Waals surface area contributed by atoms with Gasteiger partial charge in [-0.25, -0.2) is 0 Å². The molecule has 0 amide bonds. The highest BCUT2D eigenvalue weighted by Gasteiger charge is 2.19. The first-order valence-electron chi connectivity index (χ1n) is 28.7. The van der Waals surface area contributed by atoms with E-state index in [1.807, 2.05) is 0 Å². The summed E-state index contributed by atoms with van der Waals surface area (Å²) in [7, 11) is 0. The molecule has 378 valence electrons. The van der Waals surface area contributed by atoms with Gasteiger partial charge in [-0.05, 0) is 44.9 Å². The maximum Gasteiger partial charge on any atom is 0.306 e. The number of allylic oxidation sites excluding steroid dienone is 2. The lowest BCUT2D eigenvalue weighted by atomic mass is 10.0. The lowest BCUT2D eigenvalue weighted by Crippen LogP contribution is -2.30. The van der Waals surface area contributed by atoms with E-state index < -0.39 is 6.10 Å². The van der Waals surface area contributed by atoms with Crippen molar-refractivity contribution in [2.24, 2.45) is 0 Å². The smallest absolute Gasteiger partial charge is 0.306 e. The van der Waals surface area contributed by atoms with Crippen LogP contribution in [0, 0.1) is 0 Å². The quantitative estimate of drug-likeness (QED) is 0.0262. The molecule has 0 saturated heterocycles. The van der Waals surface area contributed by atoms with Crippen LogP contribution in [0.2, 0.25) is 0 Å². The van der Waals surface area contributed by atoms with Crippen LogP contribution in [0.5, 0.6) is 0 Å². The van der Waals surface area contributed by atoms with Crippen LogP contribution in [0.3, 0.4) is 0 Å². The molecule has 0 aliphatic carbocycles. The predicted octanol–water partition coefficient (Wildman–Crippen LogP) is 18.9. The van der Waals surface area contributed by atoms with Gasteiger partial charge in [0.1, 0.15) is 13.2 Å². The third-order valence-electron chi connectivity index (χ3n) is 13.0. The molecule has 0 fully saturated rings. The Balaban J connectivity index is 4.14. The summed E-state index contributed by atoms with van der Waals surface area (Å²) >= 11 is 0. The highest BCUT2D eigenvalue weighted by atomic mass is 16.6. The van der Waals surface area contributed by atoms with Gasteiger partial charge < -0.3 is 14.2 Å². The highest BCUT2D eigenvalue weighted by Crippen LogP contribution is 2.17. The van der Waals surface area contributed by atoms with Crippen LogP contribution in [-0.4, -0.2) is 37.2 Å². The minimum Gasteiger partial charge on any atom is -0.462 e. The zero-order valence-electron chi connectivity index (χ0n) is 43.3. The second-order valence-electron chi connectivity index (χ2n) is 19.6. The summed E-state index contributed by atoms with van der Waals surface area (Å²) in [5.74, 6) is -0.861. The zero-order chi connectivity index (χ0) is 46.5. The van der Waals surface area contributed by atoms with E-state index in [1.165, 1.54) is 218 Å². The number of carbonyl (C=O) groups excluding carboxylic acids is 3. The van der Waals surface area contributed by atoms with Crippen LogP contribution in [0.25, 0.3) is 0 Å². The van der Waals surface area contributed by atoms with Gasteiger partial charge in [-0.15, -0.1) is 0 Å². The molecule has 0 rings (SSSR count). The predicted molar refractivity (Wildman–Crippen MR) is 275 cm³/mol. The summed E-state index contributed by atoms with van der Waals surface area (Å²) < 4.78 is 16.8. The maximum absolute atomic E-state index is 12.8. The van der Waals surface area contributed by atoms with Gasteiger partial charge in [0.05, 0.1) is 0 Å². The Labute approximate surface area is 399 Å². The molecule has 0 saturated carbocycles. The van der Waals surface area contributed by atoms with Crippen LogP contribution in [0.1, 0.15) is 323 Å². The molecule has 0 aromatic rings. The monoisotopic (exact) mass is 903 g/mol. The lowest BCUT2D eigenvalue weighted by Gasteiger charge is -2.18. The van der Waals surface area contributed by atoms with Crippen LogP contribution >= 0.6 is 0 Å². The van der Waals surface area contributed by atoms with E-state index in [4.69, 9.17) is 14.2 Å². The van der Waals surface area contributed by atoms with Gasteiger partial charge in [0.2, 0.25) is 0 Å². The van der Waals surface area contributed by atoms with E-state index in [1.54, 1.807) is 0 Å². The van der Waals surface area contributed by atoms with Gasteiger partial charge in [-0.1, -0.05) is 270 Å². The molecule has 0 aliphatic rings. The van der Waals surface area contributed by atoms with Crippen molar-refractivity contribution in [3.63, 3.8) is 0 Å². The molecule has 0 aromatic heterocycles. The zero-order valence-corrected chi connectivity index (χ0v) is 43.3. The standard InChI is InChI=1S/C58H110O6/c1-4-7-10-13-16-19-21-23-25-26-27-28-29-30-31-32-34-35-37-39-42-45-48-51-57(60)63-54-55(53-62-56(59)50-47-44-41-18-15-12-9-6-3)64-58(61)52-49-46-43-40-38-36-33-24-22-20-17-14-11-8-5-2/h24,33,55H,4-23,25-32,34-54H2,1-3H3/b33-24-. The number of rotatable bonds is 53. The molecule has 1 unspecified atom stereocenters. The SMILES string of the molecule is CCCCCCCC/C=C\CCCCCCCC(=O)OC(COC(=O)CCCCCCCCCC)COC(=O)CCCCCCCCCCCCCCCCCCCCCCCCC. The van der Waals surface area contributed by atoms with E-state index in [2.05, 4.69) is 32.9 Å². The van der Waals surface area contributed by atoms with Crippen LogP contribution in [0.15, 0.2) is 12.2 Å². The third-order valence-corrected chi connectivity index (χ3v) is 13.0. The van der Waals surface area contributed by atoms with Gasteiger partial charge in [0.25, 0.3) is 0 Å². The number of carbonyl (C=O) groups is 3. The second kappa shape index (κ2) is 53.8. The summed E-state index contributed by atoms with van der Waals surface area (Å²) in [6, 6.07) is 0. The summed E-state index contributed by atoms with van der Waals surface area (Å²) in [5, 5.41) is 0. The molecule has 0 radical (unpaired) electrons. The lowest BCUT2D eigenvalue weighted by molar-refractivity contribution is -0.167. The van der Waals surface area contributed by atoms with Crippen molar-refractivity contribution >= 4 is 17.9 Å². The van der Waals surface area contributed by atoms with Crippen molar-refractivity contribution in [3.05, 3.63) is 12.2 Å². The molecule has 0 bridgehead atoms. The van der Waals surface area contributed by atoms with Crippen molar-refractivity contribution in [2.45, 2.75) is 329 Å². The largest absolute Gasteiger partial charge is 0.462 e. The molecular formula is C58H110O6. The second-order valence-corrected chi connectivity index (χ2v) is 19.6. The van der Waals surface area contributed by atoms with E-state index in [0.29, 0.717) is 19.3 Å². The molecule has 64 heavy (non-hydrogen) atoms. The molecule has 0 heterocycles. The number of hydrogen-bond donors (Lipinski definition) is 0. The molecule has 1 atom stereocenters. The van der Waals surface area contributed by atoms with Gasteiger partial charge in [0.15, 0.2) is 6.10 Å². The average molecular weight is 904 g/mol. The number of esters is 3. The summed E-state index contributed by atoms with van der Waals surface area (Å²) in [6.07, 6.45) is 60.8. The number of hydrogen-bond acceptors (Lipinski definition) is 6. The molecule has 0 aliphatic heterocycles. The number of unbranched alkanes of at least 4 members (excludes halogenated alkanes) is 40. The third kappa shape index (κ3) is 51.1. The van der Waals surface area contributed by atoms with Gasteiger partial charge in [-0.2, -0.15) is 0 Å². The van der Waals surface area contributed by atoms with Crippen molar-refractivity contribution in [1.29, 1.82) is 0 Å². The van der Waals surface area contributed by atoms with Gasteiger partial charge >= 0.3 is 17.9 Å². The van der Waals surface area contributed by atoms with Crippen molar-refractivity contribution in [2.75, 3.05) is 13.2 Å². The van der Waals surface area contributed by atoms with Crippen molar-refractivity contribution < 1.29 is 28.6 Å². The first kappa shape index (κ1) is 62.1. The minimum atomic E-state index is -0.767. The van der Waals surface area contributed by atoms with E-state index in [0.717, 1.165) is 64.2 Å². The Bertz CT molecular complexity index is 993. The maximum atomic E-state index is 12.8. The molecule has 6 heteroatoms. The van der Waals surface area contributed by atoms with Crippen molar-refractivity contribution in [1.82, 2.24) is 0 Å². The summed E-state index contributed by atoms with van der Waals surface area (Å²) in [6.45, 7) is 6.65. The fraction of sp³-hybridized carbons (Fsp3) is 0.914. The van der Waals surface area contributed by atoms with E-state index >= 15 is 0 Å². The molecule has 0 aromatic carbocycles. The van der Waals surface area contributed by atoms with Crippen LogP contribution < -0.4 is 0 Å². The molecule has 0 N–H and O–H groups in total. The topological polar surface area (TPSA) is 78.9 Å². The molecule has 6 nitrogen and oxygen atoms in total. The fourth-order valence-electron chi connectivity index (χ4n) is 8.68. The van der Waals surface area contributed by atoms with Gasteiger partial charge in [0, 0.05) is 19.3 Å². The summed E-state index contributed by atoms with van der Waals surface area (Å²) in [5.41, 5.74) is 0. The Kier molecular flexibility index (Phi) is 52.2. The number of ether oxygens (including phenoxy) is 3. The normalized spacial score (nSPS) is 12.0. The Hall–Kier alpha value is -1.85. The van der Waals surface area contributed by atoms with Gasteiger partial charge in [-0.3, -0.25) is 14.4 Å². The van der Waals surface area contributed by atoms with E-state index in [9.17, 15) is 14.4 Å². The van der Waals surface area contributed by atoms with Crippen LogP contribution in [-0.2, 0) is 28.6 Å². The van der Waals surface area contributed by atoms with Crippen LogP contribution in [0.4, 0.5) is 0 Å². The first-order chi connectivity index (χ1) is 31.5. The fourth-order valence-corrected chi connectivity index (χ4v) is 8.68. The highest BCUT2D eigenvalue weighted by molar-refractivity contribution is 5.71. The summed E-state index contributed by atoms with van der Waals surface area (Å²) in [4.78, 5) is 37.9. The van der Waals surface area contributed by atoms with Crippen molar-refractivity contribution in [3.8, 4) is 0 Å². The van der Waals surface area contributed by atoms with E-state index in [-0.39, 0.29) is 31.1 Å². The molecule has 0 spiro atoms. The Morgan fingerprint density at radius 1 is 0.297 bits per heavy atom. The minimum absolute atomic E-state index is 0.0681. The first-order valence-corrected chi connectivity index (χ1v) is 28.7.